The largest absolute Gasteiger partial charge is 0.393 e. The van der Waals surface area contributed by atoms with E-state index in [1.165, 1.54) is 6.07 Å². The van der Waals surface area contributed by atoms with Crippen LogP contribution in [0.5, 0.6) is 0 Å². The molecule has 106 valence electrons. The molecule has 0 bridgehead atoms. The van der Waals surface area contributed by atoms with Gasteiger partial charge >= 0.3 is 0 Å². The molecule has 2 rings (SSSR count). The van der Waals surface area contributed by atoms with Crippen molar-refractivity contribution >= 4 is 0 Å². The van der Waals surface area contributed by atoms with E-state index >= 15 is 0 Å². The lowest BCUT2D eigenvalue weighted by molar-refractivity contribution is 0.0336. The van der Waals surface area contributed by atoms with Gasteiger partial charge in [0.2, 0.25) is 0 Å². The van der Waals surface area contributed by atoms with Gasteiger partial charge < -0.3 is 10.0 Å². The minimum Gasteiger partial charge on any atom is -0.393 e. The zero-order chi connectivity index (χ0) is 13.8. The van der Waals surface area contributed by atoms with Crippen LogP contribution in [-0.4, -0.2) is 29.7 Å². The fourth-order valence-corrected chi connectivity index (χ4v) is 3.06. The number of aliphatic hydroxyl groups is 1. The first-order chi connectivity index (χ1) is 9.06. The molecule has 0 radical (unpaired) electrons. The van der Waals surface area contributed by atoms with E-state index in [0.717, 1.165) is 31.4 Å². The highest BCUT2D eigenvalue weighted by Crippen LogP contribution is 2.29. The molecule has 0 aromatic heterocycles. The molecule has 1 saturated carbocycles. The second kappa shape index (κ2) is 6.49. The second-order valence-electron chi connectivity index (χ2n) is 6.03. The lowest BCUT2D eigenvalue weighted by Gasteiger charge is -2.34. The molecule has 0 heterocycles. The van der Waals surface area contributed by atoms with Gasteiger partial charge in [-0.25, -0.2) is 4.39 Å². The Morgan fingerprint density at radius 3 is 2.79 bits per heavy atom. The fraction of sp³-hybridized carbons (Fsp3) is 0.625. The van der Waals surface area contributed by atoms with Gasteiger partial charge in [0.05, 0.1) is 6.10 Å². The minimum atomic E-state index is -0.195. The number of nitrogens with zero attached hydrogens (tertiary/aromatic N) is 1. The maximum atomic E-state index is 13.6. The third-order valence-electron chi connectivity index (χ3n) is 4.15. The van der Waals surface area contributed by atoms with Crippen molar-refractivity contribution in [2.75, 3.05) is 13.6 Å². The predicted molar refractivity (Wildman–Crippen MR) is 75.2 cm³/mol. The number of hydrogen-bond acceptors (Lipinski definition) is 2. The van der Waals surface area contributed by atoms with Crippen molar-refractivity contribution in [1.29, 1.82) is 0 Å². The zero-order valence-corrected chi connectivity index (χ0v) is 11.8. The van der Waals surface area contributed by atoms with Gasteiger partial charge in [-0.3, -0.25) is 0 Å². The van der Waals surface area contributed by atoms with E-state index in [2.05, 4.69) is 11.8 Å². The number of benzene rings is 1. The van der Waals surface area contributed by atoms with Crippen LogP contribution in [0, 0.1) is 17.7 Å². The first-order valence-electron chi connectivity index (χ1n) is 7.16. The highest BCUT2D eigenvalue weighted by Gasteiger charge is 2.27. The summed E-state index contributed by atoms with van der Waals surface area (Å²) >= 11 is 0. The van der Waals surface area contributed by atoms with Crippen LogP contribution in [-0.2, 0) is 6.54 Å². The van der Waals surface area contributed by atoms with Crippen LogP contribution in [0.4, 0.5) is 4.39 Å². The average molecular weight is 265 g/mol. The van der Waals surface area contributed by atoms with Crippen LogP contribution in [0.15, 0.2) is 24.3 Å². The molecule has 1 aliphatic carbocycles. The summed E-state index contributed by atoms with van der Waals surface area (Å²) in [6.07, 6.45) is 2.90. The molecule has 0 amide bonds. The number of rotatable bonds is 4. The molecule has 0 saturated heterocycles. The molecule has 0 spiro atoms. The third-order valence-corrected chi connectivity index (χ3v) is 4.15. The summed E-state index contributed by atoms with van der Waals surface area (Å²) in [6, 6.07) is 6.90. The van der Waals surface area contributed by atoms with Gasteiger partial charge in [0, 0.05) is 18.7 Å². The van der Waals surface area contributed by atoms with Crippen molar-refractivity contribution in [1.82, 2.24) is 4.90 Å². The quantitative estimate of drug-likeness (QED) is 0.904. The minimum absolute atomic E-state index is 0.146. The van der Waals surface area contributed by atoms with E-state index in [0.29, 0.717) is 18.4 Å². The molecular formula is C16H24FNO. The van der Waals surface area contributed by atoms with Crippen molar-refractivity contribution < 1.29 is 9.50 Å². The van der Waals surface area contributed by atoms with Crippen molar-refractivity contribution in [3.8, 4) is 0 Å². The molecule has 1 aromatic rings. The van der Waals surface area contributed by atoms with Crippen molar-refractivity contribution in [3.63, 3.8) is 0 Å². The summed E-state index contributed by atoms with van der Waals surface area (Å²) in [4.78, 5) is 2.12. The lowest BCUT2D eigenvalue weighted by Crippen LogP contribution is -2.36. The van der Waals surface area contributed by atoms with E-state index in [4.69, 9.17) is 0 Å². The lowest BCUT2D eigenvalue weighted by atomic mass is 9.80. The predicted octanol–water partition coefficient (Wildman–Crippen LogP) is 3.05. The van der Waals surface area contributed by atoms with Gasteiger partial charge in [-0.1, -0.05) is 25.1 Å². The van der Waals surface area contributed by atoms with Crippen LogP contribution in [0.25, 0.3) is 0 Å². The molecule has 1 aromatic carbocycles. The topological polar surface area (TPSA) is 23.5 Å². The number of aliphatic hydroxyl groups excluding tert-OH is 1. The summed E-state index contributed by atoms with van der Waals surface area (Å²) in [6.45, 7) is 3.68. The Bertz CT molecular complexity index is 409. The number of hydrogen-bond donors (Lipinski definition) is 1. The standard InChI is InChI=1S/C16H24FNO/c1-12-7-8-16(19)14(9-12)11-18(2)10-13-5-3-4-6-15(13)17/h3-6,12,14,16,19H,7-11H2,1-2H3. The van der Waals surface area contributed by atoms with Crippen molar-refractivity contribution in [2.45, 2.75) is 38.8 Å². The molecule has 1 N–H and O–H groups in total. The van der Waals surface area contributed by atoms with Crippen LogP contribution in [0.1, 0.15) is 31.7 Å². The molecule has 2 nitrogen and oxygen atoms in total. The molecule has 3 heteroatoms. The molecule has 3 atom stereocenters. The summed E-state index contributed by atoms with van der Waals surface area (Å²) < 4.78 is 13.6. The van der Waals surface area contributed by atoms with Gasteiger partial charge in [0.1, 0.15) is 5.82 Å². The summed E-state index contributed by atoms with van der Waals surface area (Å²) in [7, 11) is 2.00. The maximum Gasteiger partial charge on any atom is 0.127 e. The summed E-state index contributed by atoms with van der Waals surface area (Å²) in [5.41, 5.74) is 0.725. The van der Waals surface area contributed by atoms with Crippen LogP contribution < -0.4 is 0 Å². The van der Waals surface area contributed by atoms with Gasteiger partial charge in [-0.05, 0) is 44.2 Å². The van der Waals surface area contributed by atoms with Gasteiger partial charge in [0.25, 0.3) is 0 Å². The van der Waals surface area contributed by atoms with E-state index in [1.807, 2.05) is 19.2 Å². The Kier molecular flexibility index (Phi) is 4.94. The molecule has 1 aliphatic rings. The second-order valence-corrected chi connectivity index (χ2v) is 6.03. The Labute approximate surface area is 115 Å². The van der Waals surface area contributed by atoms with E-state index < -0.39 is 0 Å². The zero-order valence-electron chi connectivity index (χ0n) is 11.8. The van der Waals surface area contributed by atoms with Crippen molar-refractivity contribution in [2.24, 2.45) is 11.8 Å². The highest BCUT2D eigenvalue weighted by molar-refractivity contribution is 5.16. The first kappa shape index (κ1) is 14.5. The number of halogens is 1. The SMILES string of the molecule is CC1CCC(O)C(CN(C)Cc2ccccc2F)C1. The Morgan fingerprint density at radius 1 is 1.32 bits per heavy atom. The third kappa shape index (κ3) is 4.02. The Morgan fingerprint density at radius 2 is 2.05 bits per heavy atom. The fourth-order valence-electron chi connectivity index (χ4n) is 3.06. The van der Waals surface area contributed by atoms with Gasteiger partial charge in [-0.15, -0.1) is 0 Å². The van der Waals surface area contributed by atoms with Crippen LogP contribution in [0.2, 0.25) is 0 Å². The van der Waals surface area contributed by atoms with Crippen LogP contribution in [0.3, 0.4) is 0 Å². The molecule has 3 unspecified atom stereocenters. The maximum absolute atomic E-state index is 13.6. The molecule has 0 aliphatic heterocycles. The Balaban J connectivity index is 1.90. The normalized spacial score (nSPS) is 27.7. The van der Waals surface area contributed by atoms with Gasteiger partial charge in [0.15, 0.2) is 0 Å². The highest BCUT2D eigenvalue weighted by atomic mass is 19.1. The Hall–Kier alpha value is -0.930. The van der Waals surface area contributed by atoms with E-state index in [9.17, 15) is 9.50 Å². The molecule has 19 heavy (non-hydrogen) atoms. The van der Waals surface area contributed by atoms with Gasteiger partial charge in [-0.2, -0.15) is 0 Å². The summed E-state index contributed by atoms with van der Waals surface area (Å²) in [5.74, 6) is 0.864. The van der Waals surface area contributed by atoms with E-state index in [1.54, 1.807) is 6.07 Å². The molecule has 1 fully saturated rings. The monoisotopic (exact) mass is 265 g/mol. The summed E-state index contributed by atoms with van der Waals surface area (Å²) in [5, 5.41) is 10.1. The molecular weight excluding hydrogens is 241 g/mol. The van der Waals surface area contributed by atoms with Crippen LogP contribution >= 0.6 is 0 Å². The average Bonchev–Trinajstić information content (AvgIpc) is 2.37. The first-order valence-corrected chi connectivity index (χ1v) is 7.16. The smallest absolute Gasteiger partial charge is 0.127 e. The van der Waals surface area contributed by atoms with E-state index in [-0.39, 0.29) is 11.9 Å². The van der Waals surface area contributed by atoms with Crippen molar-refractivity contribution in [3.05, 3.63) is 35.6 Å².